The first kappa shape index (κ1) is 26.3. The summed E-state index contributed by atoms with van der Waals surface area (Å²) in [5.41, 5.74) is 4.51. The molecule has 208 valence electrons. The van der Waals surface area contributed by atoms with Crippen molar-refractivity contribution in [3.8, 4) is 17.0 Å². The molecule has 10 nitrogen and oxygen atoms in total. The van der Waals surface area contributed by atoms with E-state index in [0.29, 0.717) is 18.1 Å². The number of rotatable bonds is 10. The Balaban J connectivity index is 1.08. The average molecular weight is 561 g/mol. The van der Waals surface area contributed by atoms with Crippen molar-refractivity contribution in [1.82, 2.24) is 19.4 Å². The topological polar surface area (TPSA) is 106 Å². The highest BCUT2D eigenvalue weighted by Crippen LogP contribution is 2.32. The van der Waals surface area contributed by atoms with Gasteiger partial charge in [0.1, 0.15) is 18.6 Å². The lowest BCUT2D eigenvalue weighted by Gasteiger charge is -2.26. The number of hydrogen-bond acceptors (Lipinski definition) is 8. The number of carbonyl (C=O) groups excluding carboxylic acids is 1. The number of anilines is 2. The number of benzene rings is 2. The molecule has 5 aromatic rings. The smallest absolute Gasteiger partial charge is 0.324 e. The second kappa shape index (κ2) is 12.1. The van der Waals surface area contributed by atoms with Crippen LogP contribution in [0.4, 0.5) is 16.3 Å². The molecule has 2 amide bonds. The fraction of sp³-hybridized carbons (Fsp3) is 0.345. The zero-order valence-electron chi connectivity index (χ0n) is 22.4. The number of hydrogen-bond donors (Lipinski definition) is 2. The van der Waals surface area contributed by atoms with E-state index in [2.05, 4.69) is 44.1 Å². The van der Waals surface area contributed by atoms with Crippen molar-refractivity contribution in [2.24, 2.45) is 0 Å². The summed E-state index contributed by atoms with van der Waals surface area (Å²) in [6, 6.07) is 13.5. The van der Waals surface area contributed by atoms with Gasteiger partial charge in [0.15, 0.2) is 10.8 Å². The minimum Gasteiger partial charge on any atom is -0.492 e. The zero-order chi connectivity index (χ0) is 27.3. The third kappa shape index (κ3) is 5.96. The molecule has 1 fully saturated rings. The van der Waals surface area contributed by atoms with Crippen molar-refractivity contribution in [3.63, 3.8) is 0 Å². The van der Waals surface area contributed by atoms with Crippen LogP contribution in [0.5, 0.6) is 5.75 Å². The van der Waals surface area contributed by atoms with E-state index in [0.717, 1.165) is 89.9 Å². The number of imidazole rings is 1. The van der Waals surface area contributed by atoms with E-state index < -0.39 is 0 Å². The van der Waals surface area contributed by atoms with E-state index in [-0.39, 0.29) is 6.03 Å². The van der Waals surface area contributed by atoms with Gasteiger partial charge in [-0.3, -0.25) is 14.6 Å². The number of nitrogens with one attached hydrogen (secondary N) is 2. The quantitative estimate of drug-likeness (QED) is 0.219. The first-order valence-electron chi connectivity index (χ1n) is 13.6. The highest BCUT2D eigenvalue weighted by Gasteiger charge is 2.14. The monoisotopic (exact) mass is 560 g/mol. The first-order chi connectivity index (χ1) is 19.7. The number of aromatic nitrogens is 3. The molecule has 2 aromatic carbocycles. The Bertz CT molecular complexity index is 1590. The number of unbranched alkanes of at least 4 members (excludes halogenated alkanes) is 1. The highest BCUT2D eigenvalue weighted by atomic mass is 32.1. The van der Waals surface area contributed by atoms with E-state index >= 15 is 0 Å². The molecule has 6 rings (SSSR count). The molecule has 11 heteroatoms. The number of nitrogens with zero attached hydrogens (tertiary/aromatic N) is 4. The van der Waals surface area contributed by atoms with Crippen LogP contribution in [0.2, 0.25) is 0 Å². The van der Waals surface area contributed by atoms with E-state index in [1.807, 2.05) is 36.5 Å². The van der Waals surface area contributed by atoms with Crippen molar-refractivity contribution < 1.29 is 18.8 Å². The summed E-state index contributed by atoms with van der Waals surface area (Å²) in [7, 11) is 0. The Hall–Kier alpha value is -3.93. The molecule has 0 aliphatic carbocycles. The predicted octanol–water partition coefficient (Wildman–Crippen LogP) is 5.90. The van der Waals surface area contributed by atoms with Crippen LogP contribution < -0.4 is 15.4 Å². The van der Waals surface area contributed by atoms with Crippen LogP contribution in [0.1, 0.15) is 25.3 Å². The highest BCUT2D eigenvalue weighted by molar-refractivity contribution is 7.23. The number of ether oxygens (including phenoxy) is 2. The predicted molar refractivity (Wildman–Crippen MR) is 157 cm³/mol. The van der Waals surface area contributed by atoms with Gasteiger partial charge >= 0.3 is 6.03 Å². The summed E-state index contributed by atoms with van der Waals surface area (Å²) in [5, 5.41) is 9.53. The lowest BCUT2D eigenvalue weighted by Crippen LogP contribution is -2.38. The van der Waals surface area contributed by atoms with Gasteiger partial charge in [-0.25, -0.2) is 9.78 Å². The first-order valence-corrected chi connectivity index (χ1v) is 14.4. The molecule has 0 unspecified atom stereocenters. The normalized spacial score (nSPS) is 14.1. The number of morpholine rings is 1. The number of thiazole rings is 1. The minimum absolute atomic E-state index is 0.363. The molecule has 4 heterocycles. The maximum Gasteiger partial charge on any atom is 0.324 e. The van der Waals surface area contributed by atoms with E-state index in [4.69, 9.17) is 19.0 Å². The molecular formula is C29H32N6O4S. The molecular weight excluding hydrogens is 528 g/mol. The second-order valence-corrected chi connectivity index (χ2v) is 10.8. The van der Waals surface area contributed by atoms with Gasteiger partial charge in [-0.2, -0.15) is 0 Å². The third-order valence-electron chi connectivity index (χ3n) is 6.96. The maximum atomic E-state index is 12.5. The molecule has 1 aliphatic rings. The largest absolute Gasteiger partial charge is 0.492 e. The second-order valence-electron chi connectivity index (χ2n) is 9.76. The molecule has 0 spiro atoms. The molecule has 0 radical (unpaired) electrons. The Morgan fingerprint density at radius 3 is 2.80 bits per heavy atom. The fourth-order valence-electron chi connectivity index (χ4n) is 4.73. The minimum atomic E-state index is -0.363. The summed E-state index contributed by atoms with van der Waals surface area (Å²) in [6.07, 6.45) is 6.50. The van der Waals surface area contributed by atoms with Crippen LogP contribution in [0, 0.1) is 0 Å². The van der Waals surface area contributed by atoms with Crippen LogP contribution in [0.3, 0.4) is 0 Å². The molecule has 0 atom stereocenters. The molecule has 40 heavy (non-hydrogen) atoms. The molecule has 1 aliphatic heterocycles. The maximum absolute atomic E-state index is 12.5. The van der Waals surface area contributed by atoms with Crippen LogP contribution >= 0.6 is 11.3 Å². The van der Waals surface area contributed by atoms with Crippen molar-refractivity contribution >= 4 is 44.1 Å². The summed E-state index contributed by atoms with van der Waals surface area (Å²) < 4.78 is 19.7. The van der Waals surface area contributed by atoms with Crippen molar-refractivity contribution in [2.45, 2.75) is 26.2 Å². The third-order valence-corrected chi connectivity index (χ3v) is 7.98. The Morgan fingerprint density at radius 2 is 1.98 bits per heavy atom. The van der Waals surface area contributed by atoms with Gasteiger partial charge in [0.2, 0.25) is 0 Å². The molecule has 0 bridgehead atoms. The van der Waals surface area contributed by atoms with Gasteiger partial charge in [0.25, 0.3) is 0 Å². The van der Waals surface area contributed by atoms with E-state index in [9.17, 15) is 4.79 Å². The molecule has 0 saturated carbocycles. The lowest BCUT2D eigenvalue weighted by atomic mass is 10.1. The molecule has 3 aromatic heterocycles. The summed E-state index contributed by atoms with van der Waals surface area (Å²) in [4.78, 5) is 20.6. The van der Waals surface area contributed by atoms with Crippen LogP contribution in [-0.2, 0) is 11.2 Å². The molecule has 2 N–H and O–H groups in total. The SMILES string of the molecule is CCCCc1conc1NC(=O)Nc1ccc(-c2cn3c(n2)sc2cc(OCCN4CCOCC4)ccc23)cc1. The van der Waals surface area contributed by atoms with Crippen LogP contribution in [-0.4, -0.2) is 64.9 Å². The lowest BCUT2D eigenvalue weighted by molar-refractivity contribution is 0.0322. The average Bonchev–Trinajstić information content (AvgIpc) is 3.67. The number of aryl methyl sites for hydroxylation is 1. The van der Waals surface area contributed by atoms with Gasteiger partial charge in [-0.15, -0.1) is 0 Å². The summed E-state index contributed by atoms with van der Waals surface area (Å²) in [6.45, 7) is 7.20. The summed E-state index contributed by atoms with van der Waals surface area (Å²) in [5.74, 6) is 1.33. The molecule has 1 saturated heterocycles. The van der Waals surface area contributed by atoms with Gasteiger partial charge in [0, 0.05) is 42.6 Å². The van der Waals surface area contributed by atoms with Crippen LogP contribution in [0.15, 0.2) is 59.4 Å². The fourth-order valence-corrected chi connectivity index (χ4v) is 5.76. The van der Waals surface area contributed by atoms with Gasteiger partial charge in [0.05, 0.1) is 29.1 Å². The standard InChI is InChI=1S/C29H32N6O4S/c1-2-3-4-21-19-39-33-27(21)32-28(36)30-22-7-5-20(6-8-22)24-18-35-25-10-9-23(17-26(25)40-29(35)31-24)38-16-13-34-11-14-37-15-12-34/h5-10,17-19H,2-4,11-16H2,1H3,(H2,30,32,33,36). The van der Waals surface area contributed by atoms with E-state index in [1.54, 1.807) is 17.6 Å². The number of urea groups is 1. The Morgan fingerprint density at radius 1 is 1.12 bits per heavy atom. The summed E-state index contributed by atoms with van der Waals surface area (Å²) >= 11 is 1.64. The van der Waals surface area contributed by atoms with Gasteiger partial charge in [-0.1, -0.05) is 42.0 Å². The Kier molecular flexibility index (Phi) is 7.94. The van der Waals surface area contributed by atoms with Gasteiger partial charge in [-0.05, 0) is 43.2 Å². The van der Waals surface area contributed by atoms with Crippen LogP contribution in [0.25, 0.3) is 26.4 Å². The van der Waals surface area contributed by atoms with E-state index in [1.165, 1.54) is 0 Å². The number of fused-ring (bicyclic) bond motifs is 3. The Labute approximate surface area is 235 Å². The zero-order valence-corrected chi connectivity index (χ0v) is 23.2. The number of carbonyl (C=O) groups is 1. The number of amides is 2. The van der Waals surface area contributed by atoms with Crippen molar-refractivity contribution in [3.05, 3.63) is 60.5 Å². The van der Waals surface area contributed by atoms with Gasteiger partial charge < -0.3 is 19.3 Å². The van der Waals surface area contributed by atoms with Crippen molar-refractivity contribution in [2.75, 3.05) is 50.1 Å². The van der Waals surface area contributed by atoms with Crippen molar-refractivity contribution in [1.29, 1.82) is 0 Å².